The Morgan fingerprint density at radius 2 is 1.60 bits per heavy atom. The first kappa shape index (κ1) is 32.8. The van der Waals surface area contributed by atoms with Gasteiger partial charge in [-0.3, -0.25) is 14.5 Å². The van der Waals surface area contributed by atoms with E-state index in [-0.39, 0.29) is 24.9 Å². The molecule has 0 unspecified atom stereocenters. The molecular weight excluding hydrogens is 606 g/mol. The highest BCUT2D eigenvalue weighted by Gasteiger charge is 2.51. The molecule has 0 aliphatic carbocycles. The summed E-state index contributed by atoms with van der Waals surface area (Å²) in [6.45, 7) is 5.96. The average molecular weight is 650 g/mol. The van der Waals surface area contributed by atoms with E-state index in [1.54, 1.807) is 25.7 Å². The number of ether oxygens (including phenoxy) is 1. The molecule has 1 aromatic heterocycles. The smallest absolute Gasteiger partial charge is 0.408 e. The van der Waals surface area contributed by atoms with Crippen LogP contribution in [0.2, 0.25) is 0 Å². The molecule has 0 saturated carbocycles. The van der Waals surface area contributed by atoms with Gasteiger partial charge in [0.15, 0.2) is 0 Å². The third kappa shape index (κ3) is 7.38. The molecule has 5 amide bonds. The van der Waals surface area contributed by atoms with Crippen molar-refractivity contribution in [2.75, 3.05) is 6.54 Å². The number of carbonyl (C=O) groups is 4. The van der Waals surface area contributed by atoms with Crippen LogP contribution in [0.3, 0.4) is 0 Å². The lowest BCUT2D eigenvalue weighted by Crippen LogP contribution is -2.70. The van der Waals surface area contributed by atoms with E-state index in [9.17, 15) is 19.2 Å². The molecule has 10 heteroatoms. The number of imide groups is 1. The van der Waals surface area contributed by atoms with E-state index >= 15 is 0 Å². The molecule has 3 N–H and O–H groups in total. The molecule has 2 aliphatic heterocycles. The van der Waals surface area contributed by atoms with Gasteiger partial charge in [0.2, 0.25) is 11.8 Å². The molecule has 4 aromatic rings. The van der Waals surface area contributed by atoms with Crippen LogP contribution in [0.1, 0.15) is 50.3 Å². The van der Waals surface area contributed by atoms with Gasteiger partial charge in [-0.05, 0) is 62.8 Å². The lowest BCUT2D eigenvalue weighted by molar-refractivity contribution is -0.142. The van der Waals surface area contributed by atoms with E-state index in [0.29, 0.717) is 25.8 Å². The van der Waals surface area contributed by atoms with Gasteiger partial charge in [-0.15, -0.1) is 0 Å². The van der Waals surface area contributed by atoms with Crippen LogP contribution in [0.5, 0.6) is 0 Å². The van der Waals surface area contributed by atoms with Gasteiger partial charge in [-0.25, -0.2) is 9.59 Å². The molecule has 4 atom stereocenters. The third-order valence-corrected chi connectivity index (χ3v) is 9.07. The van der Waals surface area contributed by atoms with Crippen LogP contribution in [0.25, 0.3) is 10.9 Å². The molecule has 3 aromatic carbocycles. The fourth-order valence-electron chi connectivity index (χ4n) is 6.94. The Labute approximate surface area is 280 Å². The fourth-order valence-corrected chi connectivity index (χ4v) is 6.94. The molecule has 2 fully saturated rings. The Morgan fingerprint density at radius 1 is 0.938 bits per heavy atom. The zero-order valence-corrected chi connectivity index (χ0v) is 27.6. The van der Waals surface area contributed by atoms with Gasteiger partial charge in [0.1, 0.15) is 11.6 Å². The number of nitrogens with one attached hydrogen (secondary N) is 3. The molecule has 3 heterocycles. The number of hydrogen-bond donors (Lipinski definition) is 3. The maximum absolute atomic E-state index is 14.3. The third-order valence-electron chi connectivity index (χ3n) is 9.07. The second-order valence-corrected chi connectivity index (χ2v) is 13.7. The molecule has 6 rings (SSSR count). The maximum Gasteiger partial charge on any atom is 0.408 e. The molecular formula is C38H43N5O5. The predicted octanol–water partition coefficient (Wildman–Crippen LogP) is 5.57. The van der Waals surface area contributed by atoms with Crippen LogP contribution in [-0.2, 0) is 33.7 Å². The zero-order valence-electron chi connectivity index (χ0n) is 27.6. The summed E-state index contributed by atoms with van der Waals surface area (Å²) >= 11 is 0. The topological polar surface area (TPSA) is 124 Å². The van der Waals surface area contributed by atoms with Crippen molar-refractivity contribution in [3.05, 3.63) is 108 Å². The number of H-pyrrole nitrogens is 1. The molecule has 2 saturated heterocycles. The van der Waals surface area contributed by atoms with E-state index in [2.05, 4.69) is 15.6 Å². The van der Waals surface area contributed by atoms with Crippen LogP contribution in [-0.4, -0.2) is 69.0 Å². The van der Waals surface area contributed by atoms with Gasteiger partial charge in [0, 0.05) is 30.1 Å². The van der Waals surface area contributed by atoms with Crippen LogP contribution >= 0.6 is 0 Å². The number of hydrogen-bond acceptors (Lipinski definition) is 5. The number of alkyl carbamates (subject to hydrolysis) is 1. The minimum atomic E-state index is -0.966. The number of fused-ring (bicyclic) bond motifs is 2. The van der Waals surface area contributed by atoms with Crippen LogP contribution in [0.4, 0.5) is 9.59 Å². The number of piperidine rings is 1. The van der Waals surface area contributed by atoms with Crippen molar-refractivity contribution < 1.29 is 23.9 Å². The molecule has 10 nitrogen and oxygen atoms in total. The van der Waals surface area contributed by atoms with E-state index in [1.807, 2.05) is 91.1 Å². The lowest BCUT2D eigenvalue weighted by Gasteiger charge is -2.50. The second kappa shape index (κ2) is 13.9. The van der Waals surface area contributed by atoms with Gasteiger partial charge in [0.05, 0.1) is 24.5 Å². The predicted molar refractivity (Wildman–Crippen MR) is 183 cm³/mol. The van der Waals surface area contributed by atoms with Gasteiger partial charge in [0.25, 0.3) is 0 Å². The Balaban J connectivity index is 1.29. The highest BCUT2D eigenvalue weighted by molar-refractivity contribution is 5.99. The molecule has 48 heavy (non-hydrogen) atoms. The summed E-state index contributed by atoms with van der Waals surface area (Å²) in [6, 6.07) is 24.7. The highest BCUT2D eigenvalue weighted by Crippen LogP contribution is 2.34. The van der Waals surface area contributed by atoms with Crippen molar-refractivity contribution in [1.82, 2.24) is 25.4 Å². The number of nitrogens with zero attached hydrogens (tertiary/aromatic N) is 2. The average Bonchev–Trinajstić information content (AvgIpc) is 3.47. The summed E-state index contributed by atoms with van der Waals surface area (Å²) in [5, 5.41) is 6.94. The van der Waals surface area contributed by atoms with E-state index in [4.69, 9.17) is 4.74 Å². The quantitative estimate of drug-likeness (QED) is 0.219. The molecule has 2 aliphatic rings. The summed E-state index contributed by atoms with van der Waals surface area (Å²) < 4.78 is 5.53. The van der Waals surface area contributed by atoms with Crippen molar-refractivity contribution in [2.45, 2.75) is 76.7 Å². The maximum atomic E-state index is 14.3. The second-order valence-electron chi connectivity index (χ2n) is 13.7. The number of amides is 5. The minimum Gasteiger partial charge on any atom is -0.444 e. The minimum absolute atomic E-state index is 0.177. The SMILES string of the molecule is CC(C)(C)OC(=O)N[C@H](Cc1c[nH]c2ccccc12)C(=O)N[C@@H]1CCCN2C(=O)N(Cc3ccccc3)C(=O)[C@H](Cc3ccccc3)[C@@H]12. The normalized spacial score (nSPS) is 20.3. The van der Waals surface area contributed by atoms with Crippen LogP contribution in [0.15, 0.2) is 91.1 Å². The number of carbonyl (C=O) groups excluding carboxylic acids is 4. The van der Waals surface area contributed by atoms with Crippen molar-refractivity contribution in [3.8, 4) is 0 Å². The number of benzene rings is 3. The highest BCUT2D eigenvalue weighted by atomic mass is 16.6. The number of aromatic nitrogens is 1. The number of rotatable bonds is 9. The van der Waals surface area contributed by atoms with Crippen LogP contribution in [0, 0.1) is 5.92 Å². The number of aromatic amines is 1. The fraction of sp³-hybridized carbons (Fsp3) is 0.368. The lowest BCUT2D eigenvalue weighted by atomic mass is 9.80. The standard InChI is InChI=1S/C38H43N5O5/c1-38(2,3)48-36(46)41-32(22-27-23-39-30-18-11-10-17-28(27)30)34(44)40-31-19-12-20-42-33(31)29(21-25-13-6-4-7-14-25)35(45)43(37(42)47)24-26-15-8-5-9-16-26/h4-11,13-18,23,29,31-33,39H,12,19-22,24H2,1-3H3,(H,40,44)(H,41,46)/t29-,31-,32-,33+/m1/s1. The van der Waals surface area contributed by atoms with E-state index in [0.717, 1.165) is 27.6 Å². The monoisotopic (exact) mass is 649 g/mol. The Morgan fingerprint density at radius 3 is 2.31 bits per heavy atom. The largest absolute Gasteiger partial charge is 0.444 e. The van der Waals surface area contributed by atoms with Crippen molar-refractivity contribution >= 4 is 34.8 Å². The van der Waals surface area contributed by atoms with Gasteiger partial charge in [-0.2, -0.15) is 0 Å². The van der Waals surface area contributed by atoms with Crippen LogP contribution < -0.4 is 10.6 Å². The number of urea groups is 1. The van der Waals surface area contributed by atoms with E-state index < -0.39 is 41.6 Å². The van der Waals surface area contributed by atoms with Gasteiger partial charge >= 0.3 is 12.1 Å². The Bertz CT molecular complexity index is 1770. The first-order valence-electron chi connectivity index (χ1n) is 16.6. The molecule has 0 spiro atoms. The first-order valence-corrected chi connectivity index (χ1v) is 16.6. The summed E-state index contributed by atoms with van der Waals surface area (Å²) in [5.41, 5.74) is 2.88. The number of para-hydroxylation sites is 1. The van der Waals surface area contributed by atoms with Gasteiger partial charge in [-0.1, -0.05) is 78.9 Å². The summed E-state index contributed by atoms with van der Waals surface area (Å²) in [7, 11) is 0. The summed E-state index contributed by atoms with van der Waals surface area (Å²) in [4.78, 5) is 61.8. The van der Waals surface area contributed by atoms with Crippen molar-refractivity contribution in [2.24, 2.45) is 5.92 Å². The Hall–Kier alpha value is -5.12. The van der Waals surface area contributed by atoms with Crippen molar-refractivity contribution in [1.29, 1.82) is 0 Å². The van der Waals surface area contributed by atoms with Gasteiger partial charge < -0.3 is 25.3 Å². The summed E-state index contributed by atoms with van der Waals surface area (Å²) in [6.07, 6.45) is 3.02. The molecule has 0 radical (unpaired) electrons. The molecule has 0 bridgehead atoms. The zero-order chi connectivity index (χ0) is 33.8. The van der Waals surface area contributed by atoms with E-state index in [1.165, 1.54) is 4.90 Å². The van der Waals surface area contributed by atoms with Crippen molar-refractivity contribution in [3.63, 3.8) is 0 Å². The first-order chi connectivity index (χ1) is 23.1. The summed E-state index contributed by atoms with van der Waals surface area (Å²) in [5.74, 6) is -1.23. The Kier molecular flexibility index (Phi) is 9.52. The molecule has 250 valence electrons.